The van der Waals surface area contributed by atoms with Gasteiger partial charge in [-0.1, -0.05) is 0 Å². The summed E-state index contributed by atoms with van der Waals surface area (Å²) < 4.78 is 0. The van der Waals surface area contributed by atoms with Gasteiger partial charge in [-0.3, -0.25) is 0 Å². The van der Waals surface area contributed by atoms with Crippen LogP contribution in [0.1, 0.15) is 20.8 Å². The van der Waals surface area contributed by atoms with E-state index >= 15 is 0 Å². The zero-order valence-corrected chi connectivity index (χ0v) is 7.02. The number of nitrogens with one attached hydrogen (secondary N) is 2. The second kappa shape index (κ2) is 3.30. The predicted octanol–water partition coefficient (Wildman–Crippen LogP) is -1.86. The summed E-state index contributed by atoms with van der Waals surface area (Å²) in [6.07, 6.45) is 0. The van der Waals surface area contributed by atoms with Gasteiger partial charge in [-0.2, -0.15) is 0 Å². The molecule has 0 aliphatic heterocycles. The van der Waals surface area contributed by atoms with Crippen molar-refractivity contribution in [3.63, 3.8) is 0 Å². The fraction of sp³-hybridized carbons (Fsp3) is 1.00. The van der Waals surface area contributed by atoms with Crippen molar-refractivity contribution in [3.8, 4) is 0 Å². The second-order valence-electron chi connectivity index (χ2n) is 3.55. The van der Waals surface area contributed by atoms with E-state index in [-0.39, 0.29) is 22.3 Å². The van der Waals surface area contributed by atoms with Gasteiger partial charge >= 0.3 is 0 Å². The van der Waals surface area contributed by atoms with E-state index in [1.54, 1.807) is 0 Å². The van der Waals surface area contributed by atoms with Crippen LogP contribution in [0, 0.1) is 10.4 Å². The van der Waals surface area contributed by atoms with E-state index in [9.17, 15) is 10.4 Å². The molecule has 4 nitrogen and oxygen atoms in total. The summed E-state index contributed by atoms with van der Waals surface area (Å²) >= 11 is 0. The highest BCUT2D eigenvalue weighted by atomic mass is 16.5. The van der Waals surface area contributed by atoms with Crippen LogP contribution in [-0.4, -0.2) is 19.3 Å². The summed E-state index contributed by atoms with van der Waals surface area (Å²) in [6, 6.07) is 0. The summed E-state index contributed by atoms with van der Waals surface area (Å²) in [6.45, 7) is 5.53. The van der Waals surface area contributed by atoms with E-state index in [1.165, 1.54) is 7.05 Å². The number of hydrogen-bond donors (Lipinski definition) is 2. The first-order valence-electron chi connectivity index (χ1n) is 3.37. The normalized spacial score (nSPS) is 18.6. The van der Waals surface area contributed by atoms with Gasteiger partial charge in [0.2, 0.25) is 6.67 Å². The fourth-order valence-electron chi connectivity index (χ4n) is 0.491. The first-order valence-corrected chi connectivity index (χ1v) is 3.37. The van der Waals surface area contributed by atoms with Crippen LogP contribution in [0.25, 0.3) is 0 Å². The molecule has 0 aliphatic carbocycles. The highest BCUT2D eigenvalue weighted by Crippen LogP contribution is 1.89. The fourth-order valence-corrected chi connectivity index (χ4v) is 0.491. The van der Waals surface area contributed by atoms with Gasteiger partial charge in [0.1, 0.15) is 0 Å². The molecule has 0 fully saturated rings. The summed E-state index contributed by atoms with van der Waals surface area (Å²) in [5, 5.41) is 21.5. The van der Waals surface area contributed by atoms with Crippen molar-refractivity contribution < 1.29 is 10.1 Å². The summed E-state index contributed by atoms with van der Waals surface area (Å²) in [7, 11) is 1.43. The molecular formula is C6H16N2O2. The molecule has 10 heavy (non-hydrogen) atoms. The predicted molar refractivity (Wildman–Crippen MR) is 39.2 cm³/mol. The molecule has 2 unspecified atom stereocenters. The molecule has 0 saturated heterocycles. The van der Waals surface area contributed by atoms with Gasteiger partial charge in [-0.25, -0.2) is 0 Å². The minimum Gasteiger partial charge on any atom is -0.630 e. The maximum atomic E-state index is 11.1. The Morgan fingerprint density at radius 3 is 1.70 bits per heavy atom. The largest absolute Gasteiger partial charge is 0.630 e. The van der Waals surface area contributed by atoms with Crippen LogP contribution in [0.15, 0.2) is 0 Å². The Morgan fingerprint density at radius 2 is 1.60 bits per heavy atom. The van der Waals surface area contributed by atoms with E-state index in [0.29, 0.717) is 0 Å². The maximum absolute atomic E-state index is 11.1. The molecule has 0 rings (SSSR count). The third-order valence-electron chi connectivity index (χ3n) is 1.25. The third-order valence-corrected chi connectivity index (χ3v) is 1.25. The smallest absolute Gasteiger partial charge is 0.204 e. The van der Waals surface area contributed by atoms with Gasteiger partial charge < -0.3 is 20.5 Å². The average molecular weight is 148 g/mol. The summed E-state index contributed by atoms with van der Waals surface area (Å²) in [5.41, 5.74) is -0.369. The van der Waals surface area contributed by atoms with Crippen molar-refractivity contribution >= 4 is 0 Å². The van der Waals surface area contributed by atoms with Crippen LogP contribution in [0.3, 0.4) is 0 Å². The molecule has 0 aromatic heterocycles. The number of hydroxylamine groups is 4. The van der Waals surface area contributed by atoms with E-state index in [2.05, 4.69) is 0 Å². The molecule has 62 valence electrons. The van der Waals surface area contributed by atoms with Gasteiger partial charge in [0.15, 0.2) is 0 Å². The van der Waals surface area contributed by atoms with Gasteiger partial charge in [0.05, 0.1) is 12.6 Å². The average Bonchev–Trinajstić information content (AvgIpc) is 1.60. The standard InChI is InChI=1S/C6H16N2O2/c1-6(2,3)8(10)5-7(4)9/h7-8H,5H2,1-4H3. The topological polar surface area (TPSA) is 55.0 Å². The molecule has 0 aromatic rings. The lowest BCUT2D eigenvalue weighted by molar-refractivity contribution is -1.05. The number of rotatable bonds is 2. The van der Waals surface area contributed by atoms with Crippen molar-refractivity contribution in [3.05, 3.63) is 10.4 Å². The zero-order valence-electron chi connectivity index (χ0n) is 7.02. The maximum Gasteiger partial charge on any atom is 0.204 e. The molecule has 0 heterocycles. The molecule has 0 radical (unpaired) electrons. The highest BCUT2D eigenvalue weighted by molar-refractivity contribution is 4.54. The Balaban J connectivity index is 3.73. The highest BCUT2D eigenvalue weighted by Gasteiger charge is 2.18. The lowest BCUT2D eigenvalue weighted by atomic mass is 10.1. The Kier molecular flexibility index (Phi) is 3.24. The second-order valence-corrected chi connectivity index (χ2v) is 3.55. The molecule has 0 amide bonds. The van der Waals surface area contributed by atoms with Gasteiger partial charge in [0.25, 0.3) is 0 Å². The van der Waals surface area contributed by atoms with Crippen LogP contribution < -0.4 is 10.1 Å². The van der Waals surface area contributed by atoms with Crippen molar-refractivity contribution in [2.75, 3.05) is 13.7 Å². The molecule has 0 bridgehead atoms. The molecule has 2 N–H and O–H groups in total. The Morgan fingerprint density at radius 1 is 1.20 bits per heavy atom. The minimum atomic E-state index is -0.369. The van der Waals surface area contributed by atoms with E-state index < -0.39 is 0 Å². The molecule has 0 aliphatic rings. The zero-order chi connectivity index (χ0) is 8.36. The van der Waals surface area contributed by atoms with Crippen LogP contribution >= 0.6 is 0 Å². The number of hydrogen-bond acceptors (Lipinski definition) is 2. The molecule has 0 saturated carbocycles. The number of quaternary nitrogens is 2. The third kappa shape index (κ3) is 3.79. The Labute approximate surface area is 61.6 Å². The molecule has 0 spiro atoms. The van der Waals surface area contributed by atoms with Crippen LogP contribution in [0.2, 0.25) is 0 Å². The first-order chi connectivity index (χ1) is 4.34. The minimum absolute atomic E-state index is 0.0139. The first kappa shape index (κ1) is 9.84. The van der Waals surface area contributed by atoms with E-state index in [1.807, 2.05) is 20.8 Å². The van der Waals surface area contributed by atoms with Crippen molar-refractivity contribution in [1.29, 1.82) is 0 Å². The monoisotopic (exact) mass is 148 g/mol. The SMILES string of the molecule is C[NH+]([O-])C[NH+]([O-])C(C)(C)C. The molecule has 2 atom stereocenters. The van der Waals surface area contributed by atoms with Crippen LogP contribution in [0.4, 0.5) is 0 Å². The van der Waals surface area contributed by atoms with Crippen LogP contribution in [-0.2, 0) is 0 Å². The summed E-state index contributed by atoms with van der Waals surface area (Å²) in [4.78, 5) is 0. The quantitative estimate of drug-likeness (QED) is 0.356. The Hall–Kier alpha value is -0.160. The molecular weight excluding hydrogens is 132 g/mol. The van der Waals surface area contributed by atoms with Crippen molar-refractivity contribution in [2.45, 2.75) is 26.3 Å². The van der Waals surface area contributed by atoms with Crippen LogP contribution in [0.5, 0.6) is 0 Å². The lowest BCUT2D eigenvalue weighted by Gasteiger charge is -2.36. The lowest BCUT2D eigenvalue weighted by Crippen LogP contribution is -3.29. The molecule has 0 aromatic carbocycles. The summed E-state index contributed by atoms with van der Waals surface area (Å²) in [5.74, 6) is 0. The Bertz CT molecular complexity index is 98.4. The van der Waals surface area contributed by atoms with Crippen molar-refractivity contribution in [2.24, 2.45) is 0 Å². The van der Waals surface area contributed by atoms with Crippen molar-refractivity contribution in [1.82, 2.24) is 0 Å². The van der Waals surface area contributed by atoms with E-state index in [4.69, 9.17) is 0 Å². The van der Waals surface area contributed by atoms with Gasteiger partial charge in [-0.05, 0) is 20.8 Å². The van der Waals surface area contributed by atoms with Gasteiger partial charge in [0, 0.05) is 0 Å². The van der Waals surface area contributed by atoms with E-state index in [0.717, 1.165) is 0 Å². The molecule has 4 heteroatoms. The van der Waals surface area contributed by atoms with Gasteiger partial charge in [-0.15, -0.1) is 0 Å².